The molecule has 0 saturated heterocycles. The van der Waals surface area contributed by atoms with Crippen LogP contribution in [0.2, 0.25) is 5.02 Å². The molecule has 0 saturated carbocycles. The lowest BCUT2D eigenvalue weighted by molar-refractivity contribution is -0.385. The van der Waals surface area contributed by atoms with Crippen molar-refractivity contribution in [2.45, 2.75) is 19.8 Å². The summed E-state index contributed by atoms with van der Waals surface area (Å²) in [5.74, 6) is -2.00. The molecule has 0 heterocycles. The fraction of sp³-hybridized carbons (Fsp3) is 0.385. The summed E-state index contributed by atoms with van der Waals surface area (Å²) in [6.45, 7) is 1.81. The Bertz CT molecular complexity index is 561. The van der Waals surface area contributed by atoms with Gasteiger partial charge < -0.3 is 10.4 Å². The second-order valence-corrected chi connectivity index (χ2v) is 4.94. The summed E-state index contributed by atoms with van der Waals surface area (Å²) in [6, 6.07) is 4.11. The van der Waals surface area contributed by atoms with E-state index in [1.165, 1.54) is 18.2 Å². The van der Waals surface area contributed by atoms with Crippen molar-refractivity contribution < 1.29 is 19.6 Å². The minimum Gasteiger partial charge on any atom is -0.481 e. The summed E-state index contributed by atoms with van der Waals surface area (Å²) in [7, 11) is 0. The molecule has 7 nitrogen and oxygen atoms in total. The number of carboxylic acid groups (broad SMARTS) is 1. The number of hydrogen-bond donors (Lipinski definition) is 2. The van der Waals surface area contributed by atoms with Gasteiger partial charge in [-0.2, -0.15) is 0 Å². The second kappa shape index (κ2) is 7.58. The summed E-state index contributed by atoms with van der Waals surface area (Å²) < 4.78 is 0. The molecular weight excluding hydrogens is 300 g/mol. The lowest BCUT2D eigenvalue weighted by Gasteiger charge is -2.08. The number of rotatable bonds is 7. The van der Waals surface area contributed by atoms with Crippen LogP contribution in [0.25, 0.3) is 0 Å². The zero-order valence-corrected chi connectivity index (χ0v) is 12.1. The Balaban J connectivity index is 2.63. The van der Waals surface area contributed by atoms with Gasteiger partial charge in [0.15, 0.2) is 0 Å². The van der Waals surface area contributed by atoms with Gasteiger partial charge in [-0.3, -0.25) is 19.7 Å². The van der Waals surface area contributed by atoms with Crippen LogP contribution in [0.1, 0.15) is 30.1 Å². The molecule has 0 aliphatic heterocycles. The molecule has 0 aliphatic rings. The number of carbonyl (C=O) groups excluding carboxylic acids is 1. The molecule has 1 aromatic carbocycles. The Morgan fingerprint density at radius 2 is 2.14 bits per heavy atom. The molecule has 8 heteroatoms. The number of halogens is 1. The number of carbonyl (C=O) groups is 2. The first kappa shape index (κ1) is 16.9. The number of nitrogens with one attached hydrogen (secondary N) is 1. The van der Waals surface area contributed by atoms with Crippen LogP contribution in [-0.4, -0.2) is 28.5 Å². The van der Waals surface area contributed by atoms with Gasteiger partial charge in [-0.1, -0.05) is 24.6 Å². The van der Waals surface area contributed by atoms with Gasteiger partial charge in [-0.05, 0) is 25.0 Å². The van der Waals surface area contributed by atoms with Gasteiger partial charge in [-0.25, -0.2) is 0 Å². The predicted molar refractivity (Wildman–Crippen MR) is 76.5 cm³/mol. The van der Waals surface area contributed by atoms with E-state index >= 15 is 0 Å². The third-order valence-corrected chi connectivity index (χ3v) is 3.24. The van der Waals surface area contributed by atoms with Crippen LogP contribution in [0.3, 0.4) is 0 Å². The van der Waals surface area contributed by atoms with E-state index < -0.39 is 28.4 Å². The van der Waals surface area contributed by atoms with Gasteiger partial charge in [0.1, 0.15) is 10.6 Å². The molecule has 1 unspecified atom stereocenters. The van der Waals surface area contributed by atoms with E-state index in [-0.39, 0.29) is 17.1 Å². The zero-order valence-electron chi connectivity index (χ0n) is 11.3. The van der Waals surface area contributed by atoms with Gasteiger partial charge in [-0.15, -0.1) is 0 Å². The molecule has 0 bridgehead atoms. The SMILES string of the molecule is CC(CCCNC(=O)c1cccc(Cl)c1[N+](=O)[O-])C(=O)O. The van der Waals surface area contributed by atoms with Crippen molar-refractivity contribution in [3.63, 3.8) is 0 Å². The molecule has 0 aliphatic carbocycles. The summed E-state index contributed by atoms with van der Waals surface area (Å²) in [5.41, 5.74) is -0.547. The van der Waals surface area contributed by atoms with Crippen LogP contribution in [0, 0.1) is 16.0 Å². The highest BCUT2D eigenvalue weighted by Crippen LogP contribution is 2.27. The Morgan fingerprint density at radius 3 is 2.71 bits per heavy atom. The predicted octanol–water partition coefficient (Wildman–Crippen LogP) is 2.48. The zero-order chi connectivity index (χ0) is 16.0. The van der Waals surface area contributed by atoms with E-state index in [0.717, 1.165) is 0 Å². The van der Waals surface area contributed by atoms with Crippen molar-refractivity contribution in [2.75, 3.05) is 6.54 Å². The third-order valence-electron chi connectivity index (χ3n) is 2.94. The Labute approximate surface area is 126 Å². The smallest absolute Gasteiger partial charge is 0.306 e. The van der Waals surface area contributed by atoms with Crippen LogP contribution in [0.4, 0.5) is 5.69 Å². The van der Waals surface area contributed by atoms with E-state index in [4.69, 9.17) is 16.7 Å². The maximum Gasteiger partial charge on any atom is 0.306 e. The lowest BCUT2D eigenvalue weighted by Crippen LogP contribution is -2.26. The molecule has 1 rings (SSSR count). The average Bonchev–Trinajstić information content (AvgIpc) is 2.42. The number of amides is 1. The molecule has 0 spiro atoms. The maximum atomic E-state index is 11.9. The van der Waals surface area contributed by atoms with Crippen molar-refractivity contribution in [1.82, 2.24) is 5.32 Å². The van der Waals surface area contributed by atoms with Crippen molar-refractivity contribution in [1.29, 1.82) is 0 Å². The van der Waals surface area contributed by atoms with Gasteiger partial charge in [0, 0.05) is 6.54 Å². The molecule has 1 amide bonds. The molecule has 1 aromatic rings. The minimum absolute atomic E-state index is 0.104. The highest BCUT2D eigenvalue weighted by molar-refractivity contribution is 6.33. The lowest BCUT2D eigenvalue weighted by atomic mass is 10.1. The average molecular weight is 315 g/mol. The summed E-state index contributed by atoms with van der Waals surface area (Å²) in [4.78, 5) is 32.8. The van der Waals surface area contributed by atoms with Crippen molar-refractivity contribution >= 4 is 29.2 Å². The highest BCUT2D eigenvalue weighted by Gasteiger charge is 2.23. The largest absolute Gasteiger partial charge is 0.481 e. The standard InChI is InChI=1S/C13H15ClN2O5/c1-8(13(18)19)4-3-7-15-12(17)9-5-2-6-10(14)11(9)16(20)21/h2,5-6,8H,3-4,7H2,1H3,(H,15,17)(H,18,19). The number of aliphatic carboxylic acids is 1. The minimum atomic E-state index is -0.896. The molecule has 2 N–H and O–H groups in total. The summed E-state index contributed by atoms with van der Waals surface area (Å²) in [6.07, 6.45) is 0.876. The van der Waals surface area contributed by atoms with Crippen molar-refractivity contribution in [3.05, 3.63) is 38.9 Å². The summed E-state index contributed by atoms with van der Waals surface area (Å²) >= 11 is 5.72. The van der Waals surface area contributed by atoms with Crippen LogP contribution < -0.4 is 5.32 Å². The third kappa shape index (κ3) is 4.71. The van der Waals surface area contributed by atoms with Gasteiger partial charge >= 0.3 is 11.7 Å². The number of carboxylic acids is 1. The summed E-state index contributed by atoms with van der Waals surface area (Å²) in [5, 5.41) is 22.1. The van der Waals surface area contributed by atoms with Crippen molar-refractivity contribution in [2.24, 2.45) is 5.92 Å². The number of benzene rings is 1. The van der Waals surface area contributed by atoms with E-state index in [1.807, 2.05) is 0 Å². The number of para-hydroxylation sites is 1. The van der Waals surface area contributed by atoms with E-state index in [0.29, 0.717) is 12.8 Å². The first-order chi connectivity index (χ1) is 9.84. The van der Waals surface area contributed by atoms with E-state index in [2.05, 4.69) is 5.32 Å². The second-order valence-electron chi connectivity index (χ2n) is 4.53. The quantitative estimate of drug-likeness (QED) is 0.456. The molecule has 0 aromatic heterocycles. The molecule has 0 fully saturated rings. The Hall–Kier alpha value is -2.15. The van der Waals surface area contributed by atoms with E-state index in [1.54, 1.807) is 6.92 Å². The fourth-order valence-corrected chi connectivity index (χ4v) is 1.96. The Morgan fingerprint density at radius 1 is 1.48 bits per heavy atom. The van der Waals surface area contributed by atoms with Gasteiger partial charge in [0.05, 0.1) is 10.8 Å². The maximum absolute atomic E-state index is 11.9. The highest BCUT2D eigenvalue weighted by atomic mass is 35.5. The Kier molecular flexibility index (Phi) is 6.10. The topological polar surface area (TPSA) is 110 Å². The number of hydrogen-bond acceptors (Lipinski definition) is 4. The van der Waals surface area contributed by atoms with Gasteiger partial charge in [0.25, 0.3) is 5.91 Å². The molecule has 114 valence electrons. The van der Waals surface area contributed by atoms with E-state index in [9.17, 15) is 19.7 Å². The number of nitro benzene ring substituents is 1. The first-order valence-corrected chi connectivity index (χ1v) is 6.66. The molecular formula is C13H15ClN2O5. The molecule has 0 radical (unpaired) electrons. The monoisotopic (exact) mass is 314 g/mol. The van der Waals surface area contributed by atoms with Crippen molar-refractivity contribution in [3.8, 4) is 0 Å². The number of nitro groups is 1. The van der Waals surface area contributed by atoms with Crippen LogP contribution in [0.15, 0.2) is 18.2 Å². The number of nitrogens with zero attached hydrogens (tertiary/aromatic N) is 1. The molecule has 21 heavy (non-hydrogen) atoms. The van der Waals surface area contributed by atoms with Crippen LogP contribution in [-0.2, 0) is 4.79 Å². The van der Waals surface area contributed by atoms with Gasteiger partial charge in [0.2, 0.25) is 0 Å². The molecule has 1 atom stereocenters. The van der Waals surface area contributed by atoms with Crippen LogP contribution >= 0.6 is 11.6 Å². The van der Waals surface area contributed by atoms with Crippen LogP contribution in [0.5, 0.6) is 0 Å². The normalized spacial score (nSPS) is 11.7. The first-order valence-electron chi connectivity index (χ1n) is 6.28. The fourth-order valence-electron chi connectivity index (χ4n) is 1.71.